The first-order valence-electron chi connectivity index (χ1n) is 9.28. The minimum absolute atomic E-state index is 0.0859. The molecule has 0 atom stereocenters. The highest BCUT2D eigenvalue weighted by Gasteiger charge is 2.26. The van der Waals surface area contributed by atoms with Gasteiger partial charge < -0.3 is 4.74 Å². The SMILES string of the molecule is CCOC(=O)CC(=O)N(NC(=O)Cc1cc(F)cc(F)c1)c1cc(C(C)(C)C)n[nH]1. The van der Waals surface area contributed by atoms with Crippen LogP contribution < -0.4 is 10.4 Å². The molecule has 0 radical (unpaired) electrons. The van der Waals surface area contributed by atoms with Crippen molar-refractivity contribution in [2.24, 2.45) is 0 Å². The first-order chi connectivity index (χ1) is 14.0. The molecule has 2 N–H and O–H groups in total. The van der Waals surface area contributed by atoms with E-state index in [1.807, 2.05) is 20.8 Å². The standard InChI is InChI=1S/C20H24F2N4O4/c1-5-30-19(29)11-18(28)26(16-10-15(23-24-16)20(2,3)4)25-17(27)8-12-6-13(21)9-14(22)7-12/h6-7,9-10H,5,8,11H2,1-4H3,(H,23,24)(H,25,27). The third-order valence-corrected chi connectivity index (χ3v) is 3.95. The normalized spacial score (nSPS) is 11.1. The minimum Gasteiger partial charge on any atom is -0.466 e. The van der Waals surface area contributed by atoms with E-state index in [4.69, 9.17) is 4.74 Å². The second kappa shape index (κ2) is 9.47. The van der Waals surface area contributed by atoms with Gasteiger partial charge in [-0.2, -0.15) is 5.10 Å². The number of aromatic nitrogens is 2. The molecule has 8 nitrogen and oxygen atoms in total. The van der Waals surface area contributed by atoms with Gasteiger partial charge >= 0.3 is 5.97 Å². The third kappa shape index (κ3) is 6.36. The summed E-state index contributed by atoms with van der Waals surface area (Å²) in [6, 6.07) is 4.28. The molecule has 0 aliphatic carbocycles. The summed E-state index contributed by atoms with van der Waals surface area (Å²) in [5.41, 5.74) is 2.72. The van der Waals surface area contributed by atoms with E-state index in [1.54, 1.807) is 13.0 Å². The summed E-state index contributed by atoms with van der Waals surface area (Å²) in [6.45, 7) is 7.44. The van der Waals surface area contributed by atoms with Crippen molar-refractivity contribution in [3.05, 3.63) is 47.2 Å². The second-order valence-corrected chi connectivity index (χ2v) is 7.59. The van der Waals surface area contributed by atoms with Crippen molar-refractivity contribution >= 4 is 23.6 Å². The van der Waals surface area contributed by atoms with Crippen molar-refractivity contribution in [1.29, 1.82) is 0 Å². The number of esters is 1. The maximum atomic E-state index is 13.4. The predicted octanol–water partition coefficient (Wildman–Crippen LogP) is 2.55. The van der Waals surface area contributed by atoms with E-state index in [1.165, 1.54) is 0 Å². The Morgan fingerprint density at radius 2 is 1.77 bits per heavy atom. The van der Waals surface area contributed by atoms with Gasteiger partial charge in [0.2, 0.25) is 5.91 Å². The maximum Gasteiger partial charge on any atom is 0.315 e. The number of H-pyrrole nitrogens is 1. The fourth-order valence-electron chi connectivity index (χ4n) is 2.54. The summed E-state index contributed by atoms with van der Waals surface area (Å²) in [5.74, 6) is -3.76. The summed E-state index contributed by atoms with van der Waals surface area (Å²) >= 11 is 0. The number of nitrogens with zero attached hydrogens (tertiary/aromatic N) is 2. The molecule has 2 rings (SSSR count). The van der Waals surface area contributed by atoms with Crippen molar-refractivity contribution in [3.63, 3.8) is 0 Å². The van der Waals surface area contributed by atoms with Crippen LogP contribution in [0.5, 0.6) is 0 Å². The highest BCUT2D eigenvalue weighted by molar-refractivity contribution is 6.04. The van der Waals surface area contributed by atoms with Gasteiger partial charge in [-0.15, -0.1) is 0 Å². The number of aromatic amines is 1. The zero-order chi connectivity index (χ0) is 22.5. The Morgan fingerprint density at radius 3 is 2.30 bits per heavy atom. The number of halogens is 2. The molecular weight excluding hydrogens is 398 g/mol. The van der Waals surface area contributed by atoms with Crippen LogP contribution >= 0.6 is 0 Å². The molecule has 0 fully saturated rings. The third-order valence-electron chi connectivity index (χ3n) is 3.95. The molecule has 1 heterocycles. The summed E-state index contributed by atoms with van der Waals surface area (Å²) in [4.78, 5) is 36.8. The van der Waals surface area contributed by atoms with Gasteiger partial charge in [-0.1, -0.05) is 20.8 Å². The highest BCUT2D eigenvalue weighted by Crippen LogP contribution is 2.23. The first kappa shape index (κ1) is 23.0. The number of carbonyl (C=O) groups excluding carboxylic acids is 3. The van der Waals surface area contributed by atoms with Gasteiger partial charge in [0.1, 0.15) is 18.1 Å². The molecule has 162 valence electrons. The fourth-order valence-corrected chi connectivity index (χ4v) is 2.54. The van der Waals surface area contributed by atoms with Crippen molar-refractivity contribution in [2.45, 2.75) is 46.0 Å². The minimum atomic E-state index is -0.823. The van der Waals surface area contributed by atoms with Crippen LogP contribution in [0.4, 0.5) is 14.6 Å². The summed E-state index contributed by atoms with van der Waals surface area (Å²) in [6.07, 6.45) is -1.01. The molecule has 10 heteroatoms. The number of carbonyl (C=O) groups is 3. The molecule has 2 amide bonds. The van der Waals surface area contributed by atoms with E-state index in [-0.39, 0.29) is 23.4 Å². The quantitative estimate of drug-likeness (QED) is 0.423. The van der Waals surface area contributed by atoms with Crippen molar-refractivity contribution in [2.75, 3.05) is 11.6 Å². The molecule has 0 saturated carbocycles. The second-order valence-electron chi connectivity index (χ2n) is 7.59. The molecule has 0 aliphatic rings. The van der Waals surface area contributed by atoms with Gasteiger partial charge in [0, 0.05) is 17.5 Å². The number of hydrogen-bond acceptors (Lipinski definition) is 5. The van der Waals surface area contributed by atoms with Gasteiger partial charge in [0.25, 0.3) is 5.91 Å². The fraction of sp³-hybridized carbons (Fsp3) is 0.400. The molecule has 0 spiro atoms. The lowest BCUT2D eigenvalue weighted by Gasteiger charge is -2.21. The molecule has 2 aromatic rings. The molecule has 0 saturated heterocycles. The van der Waals surface area contributed by atoms with Crippen LogP contribution in [0.3, 0.4) is 0 Å². The van der Waals surface area contributed by atoms with E-state index in [9.17, 15) is 23.2 Å². The van der Waals surface area contributed by atoms with Crippen molar-refractivity contribution in [3.8, 4) is 0 Å². The Bertz CT molecular complexity index is 917. The van der Waals surface area contributed by atoms with Crippen LogP contribution in [-0.4, -0.2) is 34.6 Å². The highest BCUT2D eigenvalue weighted by atomic mass is 19.1. The summed E-state index contributed by atoms with van der Waals surface area (Å²) < 4.78 is 31.5. The lowest BCUT2D eigenvalue weighted by Crippen LogP contribution is -2.48. The van der Waals surface area contributed by atoms with Gasteiger partial charge in [-0.05, 0) is 24.6 Å². The van der Waals surface area contributed by atoms with Crippen LogP contribution in [0.1, 0.15) is 45.4 Å². The van der Waals surface area contributed by atoms with Crippen LogP contribution in [0.15, 0.2) is 24.3 Å². The number of rotatable bonds is 6. The number of ether oxygens (including phenoxy) is 1. The molecule has 0 aliphatic heterocycles. The van der Waals surface area contributed by atoms with Crippen molar-refractivity contribution in [1.82, 2.24) is 15.6 Å². The van der Waals surface area contributed by atoms with Gasteiger partial charge in [-0.3, -0.25) is 24.9 Å². The molecule has 1 aromatic heterocycles. The van der Waals surface area contributed by atoms with Crippen LogP contribution in [0.25, 0.3) is 0 Å². The Kier molecular flexibility index (Phi) is 7.25. The molecular formula is C20H24F2N4O4. The zero-order valence-corrected chi connectivity index (χ0v) is 17.2. The Morgan fingerprint density at radius 1 is 1.13 bits per heavy atom. The Labute approximate surface area is 172 Å². The van der Waals surface area contributed by atoms with Gasteiger partial charge in [0.05, 0.1) is 18.7 Å². The molecule has 0 unspecified atom stereocenters. The van der Waals surface area contributed by atoms with E-state index < -0.39 is 42.3 Å². The number of anilines is 1. The topological polar surface area (TPSA) is 104 Å². The van der Waals surface area contributed by atoms with E-state index >= 15 is 0 Å². The van der Waals surface area contributed by atoms with Crippen LogP contribution in [0, 0.1) is 11.6 Å². The average molecular weight is 422 g/mol. The van der Waals surface area contributed by atoms with Gasteiger partial charge in [-0.25, -0.2) is 13.8 Å². The number of hydrazine groups is 1. The number of amides is 2. The van der Waals surface area contributed by atoms with E-state index in [0.717, 1.165) is 17.1 Å². The van der Waals surface area contributed by atoms with Crippen LogP contribution in [0.2, 0.25) is 0 Å². The summed E-state index contributed by atoms with van der Waals surface area (Å²) in [7, 11) is 0. The number of hydrogen-bond donors (Lipinski definition) is 2. The van der Waals surface area contributed by atoms with Crippen LogP contribution in [-0.2, 0) is 31.0 Å². The van der Waals surface area contributed by atoms with E-state index in [0.29, 0.717) is 11.8 Å². The molecule has 30 heavy (non-hydrogen) atoms. The number of nitrogens with one attached hydrogen (secondary N) is 2. The Balaban J connectivity index is 2.23. The van der Waals surface area contributed by atoms with E-state index in [2.05, 4.69) is 15.6 Å². The lowest BCUT2D eigenvalue weighted by molar-refractivity contribution is -0.146. The predicted molar refractivity (Wildman–Crippen MR) is 104 cm³/mol. The lowest BCUT2D eigenvalue weighted by atomic mass is 9.92. The first-order valence-corrected chi connectivity index (χ1v) is 9.28. The largest absolute Gasteiger partial charge is 0.466 e. The molecule has 1 aromatic carbocycles. The summed E-state index contributed by atoms with van der Waals surface area (Å²) in [5, 5.41) is 7.63. The smallest absolute Gasteiger partial charge is 0.315 e. The van der Waals surface area contributed by atoms with Crippen molar-refractivity contribution < 1.29 is 27.9 Å². The number of benzene rings is 1. The average Bonchev–Trinajstić information content (AvgIpc) is 3.08. The maximum absolute atomic E-state index is 13.4. The monoisotopic (exact) mass is 422 g/mol. The zero-order valence-electron chi connectivity index (χ0n) is 17.2. The molecule has 0 bridgehead atoms. The Hall–Kier alpha value is -3.30. The van der Waals surface area contributed by atoms with Gasteiger partial charge in [0.15, 0.2) is 5.82 Å².